The molecule has 0 unspecified atom stereocenters. The minimum absolute atomic E-state index is 0.175. The molecular weight excluding hydrogens is 281 g/mol. The molecule has 0 saturated heterocycles. The van der Waals surface area contributed by atoms with Crippen molar-refractivity contribution in [3.8, 4) is 0 Å². The lowest BCUT2D eigenvalue weighted by molar-refractivity contribution is -0.141. The maximum atomic E-state index is 12.9. The summed E-state index contributed by atoms with van der Waals surface area (Å²) in [7, 11) is 0. The van der Waals surface area contributed by atoms with Crippen LogP contribution in [-0.2, 0) is 6.18 Å². The first kappa shape index (κ1) is 15.6. The van der Waals surface area contributed by atoms with E-state index in [2.05, 4.69) is 4.98 Å². The third-order valence-electron chi connectivity index (χ3n) is 3.28. The van der Waals surface area contributed by atoms with Crippen LogP contribution in [0.15, 0.2) is 12.1 Å². The quantitative estimate of drug-likeness (QED) is 0.649. The molecule has 116 valence electrons. The number of pyridine rings is 1. The minimum Gasteiger partial charge on any atom is -0.384 e. The predicted octanol–water partition coefficient (Wildman–Crippen LogP) is 3.01. The molecule has 1 saturated carbocycles. The summed E-state index contributed by atoms with van der Waals surface area (Å²) in [5.74, 6) is 0.191. The summed E-state index contributed by atoms with van der Waals surface area (Å²) < 4.78 is 38.6. The zero-order valence-corrected chi connectivity index (χ0v) is 12.0. The monoisotopic (exact) mass is 300 g/mol. The van der Waals surface area contributed by atoms with Gasteiger partial charge in [0.25, 0.3) is 0 Å². The van der Waals surface area contributed by atoms with Crippen molar-refractivity contribution in [3.63, 3.8) is 0 Å². The van der Waals surface area contributed by atoms with E-state index < -0.39 is 11.9 Å². The van der Waals surface area contributed by atoms with Crippen LogP contribution in [0, 0.1) is 11.3 Å². The maximum absolute atomic E-state index is 12.9. The summed E-state index contributed by atoms with van der Waals surface area (Å²) in [4.78, 5) is 5.62. The third kappa shape index (κ3) is 3.65. The number of alkyl halides is 3. The summed E-state index contributed by atoms with van der Waals surface area (Å²) in [6, 6.07) is 2.31. The molecule has 1 aliphatic rings. The fourth-order valence-corrected chi connectivity index (χ4v) is 2.22. The van der Waals surface area contributed by atoms with Crippen molar-refractivity contribution in [2.75, 3.05) is 11.4 Å². The van der Waals surface area contributed by atoms with E-state index in [1.807, 2.05) is 18.7 Å². The second kappa shape index (κ2) is 5.54. The Labute approximate surface area is 121 Å². The van der Waals surface area contributed by atoms with Gasteiger partial charge in [0.05, 0.1) is 5.56 Å². The minimum atomic E-state index is -4.50. The molecule has 1 fully saturated rings. The highest BCUT2D eigenvalue weighted by Crippen LogP contribution is 2.35. The number of nitrogen functional groups attached to an aromatic ring is 1. The lowest BCUT2D eigenvalue weighted by Crippen LogP contribution is -2.33. The molecule has 1 aromatic heterocycles. The average molecular weight is 300 g/mol. The van der Waals surface area contributed by atoms with E-state index in [0.29, 0.717) is 6.54 Å². The Morgan fingerprint density at radius 3 is 2.48 bits per heavy atom. The first-order valence-corrected chi connectivity index (χ1v) is 6.89. The number of nitrogens with two attached hydrogens (primary N) is 1. The molecule has 1 aliphatic carbocycles. The van der Waals surface area contributed by atoms with Gasteiger partial charge in [0.2, 0.25) is 0 Å². The van der Waals surface area contributed by atoms with Gasteiger partial charge in [0.15, 0.2) is 0 Å². The Hall–Kier alpha value is -1.79. The van der Waals surface area contributed by atoms with Crippen LogP contribution < -0.4 is 10.6 Å². The number of amidine groups is 1. The summed E-state index contributed by atoms with van der Waals surface area (Å²) in [6.07, 6.45) is -2.64. The molecule has 1 aromatic rings. The lowest BCUT2D eigenvalue weighted by Gasteiger charge is -2.28. The van der Waals surface area contributed by atoms with Gasteiger partial charge in [-0.1, -0.05) is 13.8 Å². The zero-order valence-electron chi connectivity index (χ0n) is 12.0. The second-order valence-electron chi connectivity index (χ2n) is 5.76. The van der Waals surface area contributed by atoms with Crippen LogP contribution in [0.5, 0.6) is 0 Å². The highest BCUT2D eigenvalue weighted by atomic mass is 19.4. The van der Waals surface area contributed by atoms with Crippen LogP contribution in [0.3, 0.4) is 0 Å². The Balaban J connectivity index is 2.48. The first-order valence-electron chi connectivity index (χ1n) is 6.89. The van der Waals surface area contributed by atoms with Crippen molar-refractivity contribution in [2.45, 2.75) is 38.9 Å². The van der Waals surface area contributed by atoms with Gasteiger partial charge in [0.1, 0.15) is 17.3 Å². The van der Waals surface area contributed by atoms with Gasteiger partial charge in [-0.3, -0.25) is 5.41 Å². The van der Waals surface area contributed by atoms with E-state index in [1.165, 1.54) is 6.07 Å². The van der Waals surface area contributed by atoms with Crippen LogP contribution in [0.4, 0.5) is 19.0 Å². The molecule has 4 nitrogen and oxygen atoms in total. The summed E-state index contributed by atoms with van der Waals surface area (Å²) in [5, 5.41) is 7.57. The molecular formula is C14H19F3N4. The number of nitrogens with one attached hydrogen (secondary N) is 1. The Bertz CT molecular complexity index is 536. The van der Waals surface area contributed by atoms with Crippen LogP contribution in [-0.4, -0.2) is 23.4 Å². The zero-order chi connectivity index (χ0) is 15.8. The van der Waals surface area contributed by atoms with Crippen molar-refractivity contribution in [1.29, 1.82) is 5.41 Å². The van der Waals surface area contributed by atoms with Crippen molar-refractivity contribution in [3.05, 3.63) is 23.4 Å². The summed E-state index contributed by atoms with van der Waals surface area (Å²) in [6.45, 7) is 4.59. The van der Waals surface area contributed by atoms with Crippen LogP contribution in [0.1, 0.15) is 37.9 Å². The molecule has 0 amide bonds. The van der Waals surface area contributed by atoms with Crippen molar-refractivity contribution < 1.29 is 13.2 Å². The molecule has 7 heteroatoms. The van der Waals surface area contributed by atoms with E-state index in [-0.39, 0.29) is 29.2 Å². The number of hydrogen-bond donors (Lipinski definition) is 2. The number of aromatic nitrogens is 1. The van der Waals surface area contributed by atoms with E-state index in [0.717, 1.165) is 18.9 Å². The normalized spacial score (nSPS) is 15.3. The standard InChI is InChI=1S/C14H19F3N4/c1-8(2)7-21(9-3-4-9)13-10(12(18)19)5-6-11(20-13)14(15,16)17/h5-6,8-9H,3-4,7H2,1-2H3,(H3,18,19). The molecule has 0 aliphatic heterocycles. The molecule has 0 aromatic carbocycles. The molecule has 0 radical (unpaired) electrons. The largest absolute Gasteiger partial charge is 0.433 e. The first-order chi connectivity index (χ1) is 9.70. The topological polar surface area (TPSA) is 66.0 Å². The molecule has 21 heavy (non-hydrogen) atoms. The molecule has 0 bridgehead atoms. The Morgan fingerprint density at radius 1 is 1.43 bits per heavy atom. The maximum Gasteiger partial charge on any atom is 0.433 e. The fraction of sp³-hybridized carbons (Fsp3) is 0.571. The molecule has 0 spiro atoms. The second-order valence-corrected chi connectivity index (χ2v) is 5.76. The Kier molecular flexibility index (Phi) is 4.11. The Morgan fingerprint density at radius 2 is 2.05 bits per heavy atom. The van der Waals surface area contributed by atoms with Crippen LogP contribution in [0.2, 0.25) is 0 Å². The van der Waals surface area contributed by atoms with E-state index in [4.69, 9.17) is 11.1 Å². The SMILES string of the molecule is CC(C)CN(c1nc(C(F)(F)F)ccc1C(=N)N)C1CC1. The van der Waals surface area contributed by atoms with Gasteiger partial charge < -0.3 is 10.6 Å². The highest BCUT2D eigenvalue weighted by molar-refractivity contribution is 5.99. The number of halogens is 3. The van der Waals surface area contributed by atoms with E-state index in [9.17, 15) is 13.2 Å². The third-order valence-corrected chi connectivity index (χ3v) is 3.28. The summed E-state index contributed by atoms with van der Waals surface area (Å²) in [5.41, 5.74) is 4.81. The van der Waals surface area contributed by atoms with E-state index in [1.54, 1.807) is 0 Å². The van der Waals surface area contributed by atoms with Crippen molar-refractivity contribution in [2.24, 2.45) is 11.7 Å². The molecule has 0 atom stereocenters. The van der Waals surface area contributed by atoms with Gasteiger partial charge in [0, 0.05) is 12.6 Å². The van der Waals surface area contributed by atoms with Crippen molar-refractivity contribution >= 4 is 11.7 Å². The predicted molar refractivity (Wildman–Crippen MR) is 75.5 cm³/mol. The number of nitrogens with zero attached hydrogens (tertiary/aromatic N) is 2. The number of rotatable bonds is 5. The van der Waals surface area contributed by atoms with Gasteiger partial charge >= 0.3 is 6.18 Å². The summed E-state index contributed by atoms with van der Waals surface area (Å²) >= 11 is 0. The van der Waals surface area contributed by atoms with Gasteiger partial charge in [-0.2, -0.15) is 13.2 Å². The van der Waals surface area contributed by atoms with Crippen molar-refractivity contribution in [1.82, 2.24) is 4.98 Å². The van der Waals surface area contributed by atoms with Gasteiger partial charge in [-0.25, -0.2) is 4.98 Å². The van der Waals surface area contributed by atoms with Crippen LogP contribution >= 0.6 is 0 Å². The van der Waals surface area contributed by atoms with E-state index >= 15 is 0 Å². The fourth-order valence-electron chi connectivity index (χ4n) is 2.22. The van der Waals surface area contributed by atoms with Crippen LogP contribution in [0.25, 0.3) is 0 Å². The van der Waals surface area contributed by atoms with Gasteiger partial charge in [-0.15, -0.1) is 0 Å². The van der Waals surface area contributed by atoms with Gasteiger partial charge in [-0.05, 0) is 30.9 Å². The average Bonchev–Trinajstić information content (AvgIpc) is 3.18. The molecule has 3 N–H and O–H groups in total. The highest BCUT2D eigenvalue weighted by Gasteiger charge is 2.36. The number of anilines is 1. The molecule has 2 rings (SSSR count). The lowest BCUT2D eigenvalue weighted by atomic mass is 10.1. The number of hydrogen-bond acceptors (Lipinski definition) is 3. The molecule has 1 heterocycles. The smallest absolute Gasteiger partial charge is 0.384 e.